The van der Waals surface area contributed by atoms with E-state index < -0.39 is 12.4 Å². The summed E-state index contributed by atoms with van der Waals surface area (Å²) in [5, 5.41) is 19.1. The molecule has 0 aliphatic carbocycles. The minimum atomic E-state index is -0.641. The predicted octanol–water partition coefficient (Wildman–Crippen LogP) is 2.52. The Labute approximate surface area is 99.7 Å². The van der Waals surface area contributed by atoms with Crippen molar-refractivity contribution in [1.82, 2.24) is 0 Å². The van der Waals surface area contributed by atoms with Crippen LogP contribution in [0.4, 0.5) is 0 Å². The van der Waals surface area contributed by atoms with Crippen LogP contribution < -0.4 is 0 Å². The van der Waals surface area contributed by atoms with Gasteiger partial charge < -0.3 is 10.2 Å². The predicted molar refractivity (Wildman–Crippen MR) is 63.2 cm³/mol. The van der Waals surface area contributed by atoms with Crippen molar-refractivity contribution in [3.8, 4) is 5.75 Å². The smallest absolute Gasteiger partial charge is 0.191 e. The van der Waals surface area contributed by atoms with Gasteiger partial charge in [-0.3, -0.25) is 4.79 Å². The zero-order valence-electron chi connectivity index (χ0n) is 9.54. The summed E-state index contributed by atoms with van der Waals surface area (Å²) in [5.41, 5.74) is 0.344. The number of halogens is 1. The van der Waals surface area contributed by atoms with Gasteiger partial charge in [0.25, 0.3) is 0 Å². The first kappa shape index (κ1) is 13.0. The molecule has 0 aliphatic rings. The fourth-order valence-corrected chi connectivity index (χ4v) is 1.69. The van der Waals surface area contributed by atoms with Gasteiger partial charge >= 0.3 is 0 Å². The van der Waals surface area contributed by atoms with E-state index in [1.165, 1.54) is 6.07 Å². The third-order valence-electron chi connectivity index (χ3n) is 2.33. The lowest BCUT2D eigenvalue weighted by molar-refractivity contribution is 0.0900. The fourth-order valence-electron chi connectivity index (χ4n) is 1.47. The first-order valence-electron chi connectivity index (χ1n) is 4.94. The summed E-state index contributed by atoms with van der Waals surface area (Å²) in [7, 11) is 0. The van der Waals surface area contributed by atoms with Crippen LogP contribution in [0.2, 0.25) is 5.02 Å². The highest BCUT2D eigenvalue weighted by Crippen LogP contribution is 2.35. The molecule has 0 unspecified atom stereocenters. The summed E-state index contributed by atoms with van der Waals surface area (Å²) in [5.74, 6) is -0.638. The van der Waals surface area contributed by atoms with Gasteiger partial charge in [-0.25, -0.2) is 0 Å². The maximum absolute atomic E-state index is 11.4. The second kappa shape index (κ2) is 4.44. The molecule has 0 amide bonds. The number of hydrogen-bond donors (Lipinski definition) is 2. The average Bonchev–Trinajstić information content (AvgIpc) is 2.18. The van der Waals surface area contributed by atoms with Crippen LogP contribution >= 0.6 is 11.6 Å². The van der Waals surface area contributed by atoms with E-state index in [-0.39, 0.29) is 16.7 Å². The molecule has 88 valence electrons. The van der Waals surface area contributed by atoms with Crippen molar-refractivity contribution in [1.29, 1.82) is 0 Å². The van der Waals surface area contributed by atoms with Gasteiger partial charge in [0.2, 0.25) is 0 Å². The third-order valence-corrected chi connectivity index (χ3v) is 2.54. The van der Waals surface area contributed by atoms with E-state index in [2.05, 4.69) is 0 Å². The molecule has 0 atom stereocenters. The Bertz CT molecular complexity index is 419. The van der Waals surface area contributed by atoms with Crippen LogP contribution in [-0.2, 0) is 5.41 Å². The standard InChI is InChI=1S/C12H15ClO3/c1-12(2,3)9-5-7(13)4-8(11(9)16)10(15)6-14/h4-5,14,16H,6H2,1-3H3. The monoisotopic (exact) mass is 242 g/mol. The van der Waals surface area contributed by atoms with Crippen LogP contribution in [-0.4, -0.2) is 22.6 Å². The van der Waals surface area contributed by atoms with Crippen LogP contribution in [0, 0.1) is 0 Å². The molecule has 0 heterocycles. The molecule has 0 spiro atoms. The number of Topliss-reactive ketones (excluding diaryl/α,β-unsaturated/α-hetero) is 1. The molecule has 0 saturated carbocycles. The molecule has 1 aromatic carbocycles. The summed E-state index contributed by atoms with van der Waals surface area (Å²) in [4.78, 5) is 11.4. The lowest BCUT2D eigenvalue weighted by atomic mass is 9.85. The number of aliphatic hydroxyl groups excluding tert-OH is 1. The molecule has 4 heteroatoms. The first-order valence-corrected chi connectivity index (χ1v) is 5.32. The lowest BCUT2D eigenvalue weighted by Crippen LogP contribution is -2.14. The summed E-state index contributed by atoms with van der Waals surface area (Å²) < 4.78 is 0. The van der Waals surface area contributed by atoms with Crippen molar-refractivity contribution in [3.63, 3.8) is 0 Å². The average molecular weight is 243 g/mol. The second-order valence-electron chi connectivity index (χ2n) is 4.68. The van der Waals surface area contributed by atoms with E-state index in [0.29, 0.717) is 10.6 Å². The number of phenolic OH excluding ortho intramolecular Hbond substituents is 1. The number of carbonyl (C=O) groups is 1. The highest BCUT2D eigenvalue weighted by molar-refractivity contribution is 6.31. The molecule has 0 radical (unpaired) electrons. The minimum absolute atomic E-state index is 0.0694. The Hall–Kier alpha value is -1.06. The summed E-state index contributed by atoms with van der Waals surface area (Å²) >= 11 is 5.88. The highest BCUT2D eigenvalue weighted by atomic mass is 35.5. The van der Waals surface area contributed by atoms with Gasteiger partial charge in [0, 0.05) is 10.6 Å². The Balaban J connectivity index is 3.44. The number of carbonyl (C=O) groups excluding carboxylic acids is 1. The van der Waals surface area contributed by atoms with Crippen molar-refractivity contribution in [3.05, 3.63) is 28.3 Å². The number of hydrogen-bond acceptors (Lipinski definition) is 3. The van der Waals surface area contributed by atoms with Gasteiger partial charge in [0.15, 0.2) is 5.78 Å². The topological polar surface area (TPSA) is 57.5 Å². The van der Waals surface area contributed by atoms with Crippen molar-refractivity contribution >= 4 is 17.4 Å². The number of rotatable bonds is 2. The Morgan fingerprint density at radius 3 is 2.38 bits per heavy atom. The molecule has 0 aromatic heterocycles. The van der Waals surface area contributed by atoms with E-state index in [1.807, 2.05) is 20.8 Å². The van der Waals surface area contributed by atoms with Crippen molar-refractivity contribution in [2.24, 2.45) is 0 Å². The van der Waals surface area contributed by atoms with Gasteiger partial charge in [-0.1, -0.05) is 32.4 Å². The molecule has 1 aromatic rings. The molecular weight excluding hydrogens is 228 g/mol. The quantitative estimate of drug-likeness (QED) is 0.784. The van der Waals surface area contributed by atoms with Crippen molar-refractivity contribution < 1.29 is 15.0 Å². The molecule has 0 fully saturated rings. The van der Waals surface area contributed by atoms with E-state index in [1.54, 1.807) is 6.07 Å². The molecule has 1 rings (SSSR count). The number of aromatic hydroxyl groups is 1. The number of aliphatic hydroxyl groups is 1. The van der Waals surface area contributed by atoms with E-state index in [9.17, 15) is 9.90 Å². The maximum atomic E-state index is 11.4. The van der Waals surface area contributed by atoms with Crippen molar-refractivity contribution in [2.75, 3.05) is 6.61 Å². The molecule has 2 N–H and O–H groups in total. The zero-order valence-corrected chi connectivity index (χ0v) is 10.3. The Morgan fingerprint density at radius 1 is 1.38 bits per heavy atom. The van der Waals surface area contributed by atoms with E-state index in [4.69, 9.17) is 16.7 Å². The normalized spacial score (nSPS) is 11.6. The molecule has 0 aliphatic heterocycles. The molecule has 0 saturated heterocycles. The Kier molecular flexibility index (Phi) is 3.61. The number of ketones is 1. The van der Waals surface area contributed by atoms with Crippen LogP contribution in [0.25, 0.3) is 0 Å². The van der Waals surface area contributed by atoms with Gasteiger partial charge in [0.05, 0.1) is 5.56 Å². The van der Waals surface area contributed by atoms with Crippen LogP contribution in [0.15, 0.2) is 12.1 Å². The summed E-state index contributed by atoms with van der Waals surface area (Å²) in [6.07, 6.45) is 0. The highest BCUT2D eigenvalue weighted by Gasteiger charge is 2.23. The SMILES string of the molecule is CC(C)(C)c1cc(Cl)cc(C(=O)CO)c1O. The van der Waals surface area contributed by atoms with Gasteiger partial charge in [-0.05, 0) is 17.5 Å². The van der Waals surface area contributed by atoms with Gasteiger partial charge in [-0.2, -0.15) is 0 Å². The van der Waals surface area contributed by atoms with Crippen molar-refractivity contribution in [2.45, 2.75) is 26.2 Å². The second-order valence-corrected chi connectivity index (χ2v) is 5.12. The van der Waals surface area contributed by atoms with Crippen LogP contribution in [0.1, 0.15) is 36.7 Å². The third kappa shape index (κ3) is 2.54. The zero-order chi connectivity index (χ0) is 12.5. The van der Waals surface area contributed by atoms with Gasteiger partial charge in [0.1, 0.15) is 12.4 Å². The fraction of sp³-hybridized carbons (Fsp3) is 0.417. The largest absolute Gasteiger partial charge is 0.507 e. The molecule has 16 heavy (non-hydrogen) atoms. The van der Waals surface area contributed by atoms with Gasteiger partial charge in [-0.15, -0.1) is 0 Å². The molecule has 3 nitrogen and oxygen atoms in total. The molecule has 0 bridgehead atoms. The van der Waals surface area contributed by atoms with E-state index >= 15 is 0 Å². The maximum Gasteiger partial charge on any atom is 0.191 e. The lowest BCUT2D eigenvalue weighted by Gasteiger charge is -2.22. The molecular formula is C12H15ClO3. The van der Waals surface area contributed by atoms with Crippen LogP contribution in [0.5, 0.6) is 5.75 Å². The Morgan fingerprint density at radius 2 is 1.94 bits per heavy atom. The van der Waals surface area contributed by atoms with Crippen LogP contribution in [0.3, 0.4) is 0 Å². The summed E-state index contributed by atoms with van der Waals surface area (Å²) in [6.45, 7) is 5.08. The first-order chi connectivity index (χ1) is 7.27. The minimum Gasteiger partial charge on any atom is -0.507 e. The summed E-state index contributed by atoms with van der Waals surface area (Å²) in [6, 6.07) is 3.00. The number of phenols is 1. The van der Waals surface area contributed by atoms with E-state index in [0.717, 1.165) is 0 Å². The number of benzene rings is 1.